The minimum atomic E-state index is 0.503. The fraction of sp³-hybridized carbons (Fsp3) is 0.467. The highest BCUT2D eigenvalue weighted by Gasteiger charge is 2.13. The number of aromatic amines is 1. The summed E-state index contributed by atoms with van der Waals surface area (Å²) in [6.45, 7) is 4.42. The van der Waals surface area contributed by atoms with Gasteiger partial charge >= 0.3 is 0 Å². The number of imidazole rings is 1. The molecule has 1 aromatic carbocycles. The Morgan fingerprint density at radius 1 is 1.39 bits per heavy atom. The van der Waals surface area contributed by atoms with Crippen molar-refractivity contribution in [2.45, 2.75) is 45.4 Å². The molecule has 1 N–H and O–H groups in total. The van der Waals surface area contributed by atoms with Gasteiger partial charge in [-0.25, -0.2) is 4.98 Å². The number of benzene rings is 1. The van der Waals surface area contributed by atoms with Crippen molar-refractivity contribution < 1.29 is 0 Å². The zero-order chi connectivity index (χ0) is 13.0. The van der Waals surface area contributed by atoms with Crippen molar-refractivity contribution >= 4 is 11.0 Å². The first-order valence-electron chi connectivity index (χ1n) is 6.68. The monoisotopic (exact) mass is 241 g/mol. The van der Waals surface area contributed by atoms with Crippen LogP contribution in [0, 0.1) is 11.3 Å². The van der Waals surface area contributed by atoms with Gasteiger partial charge in [0.1, 0.15) is 5.82 Å². The number of unbranched alkanes of at least 4 members (excludes halogenated alkanes) is 1. The number of nitrogens with zero attached hydrogens (tertiary/aromatic N) is 2. The quantitative estimate of drug-likeness (QED) is 0.856. The molecule has 2 aromatic rings. The number of hydrogen-bond donors (Lipinski definition) is 1. The molecule has 2 rings (SSSR count). The van der Waals surface area contributed by atoms with Crippen LogP contribution in [0.2, 0.25) is 0 Å². The number of rotatable bonds is 5. The molecule has 1 aromatic heterocycles. The number of nitrogens with one attached hydrogen (secondary N) is 1. The molecule has 0 fully saturated rings. The third kappa shape index (κ3) is 2.53. The van der Waals surface area contributed by atoms with Crippen LogP contribution in [0.25, 0.3) is 11.0 Å². The van der Waals surface area contributed by atoms with E-state index in [4.69, 9.17) is 5.26 Å². The lowest BCUT2D eigenvalue weighted by Gasteiger charge is -2.10. The average Bonchev–Trinajstić information content (AvgIpc) is 2.82. The summed E-state index contributed by atoms with van der Waals surface area (Å²) in [5.41, 5.74) is 2.61. The van der Waals surface area contributed by atoms with Crippen molar-refractivity contribution in [2.75, 3.05) is 0 Å². The first kappa shape index (κ1) is 12.6. The Kier molecular flexibility index (Phi) is 3.99. The lowest BCUT2D eigenvalue weighted by molar-refractivity contribution is 0.549. The first-order valence-corrected chi connectivity index (χ1v) is 6.68. The van der Waals surface area contributed by atoms with Crippen LogP contribution in [0.5, 0.6) is 0 Å². The van der Waals surface area contributed by atoms with Crippen LogP contribution in [0.4, 0.5) is 0 Å². The molecule has 94 valence electrons. The van der Waals surface area contributed by atoms with Crippen molar-refractivity contribution in [1.82, 2.24) is 9.97 Å². The largest absolute Gasteiger partial charge is 0.342 e. The fourth-order valence-electron chi connectivity index (χ4n) is 2.28. The van der Waals surface area contributed by atoms with E-state index < -0.39 is 0 Å². The molecule has 18 heavy (non-hydrogen) atoms. The summed E-state index contributed by atoms with van der Waals surface area (Å²) < 4.78 is 0. The highest BCUT2D eigenvalue weighted by atomic mass is 14.9. The molecular formula is C15H19N3. The number of aromatic nitrogens is 2. The van der Waals surface area contributed by atoms with Gasteiger partial charge in [0.2, 0.25) is 0 Å². The van der Waals surface area contributed by atoms with Gasteiger partial charge in [0.25, 0.3) is 0 Å². The Morgan fingerprint density at radius 3 is 2.89 bits per heavy atom. The summed E-state index contributed by atoms with van der Waals surface area (Å²) in [7, 11) is 0. The third-order valence-electron chi connectivity index (χ3n) is 3.41. The van der Waals surface area contributed by atoms with E-state index in [2.05, 4.69) is 29.9 Å². The van der Waals surface area contributed by atoms with Gasteiger partial charge < -0.3 is 4.98 Å². The highest BCUT2D eigenvalue weighted by Crippen LogP contribution is 2.25. The SMILES string of the molecule is CCCCC(CC)c1nc2ccc(C#N)cc2[nH]1. The molecular weight excluding hydrogens is 222 g/mol. The predicted octanol–water partition coefficient (Wildman–Crippen LogP) is 4.12. The maximum atomic E-state index is 8.89. The fourth-order valence-corrected chi connectivity index (χ4v) is 2.28. The summed E-state index contributed by atoms with van der Waals surface area (Å²) in [6, 6.07) is 7.77. The molecule has 0 bridgehead atoms. The van der Waals surface area contributed by atoms with E-state index in [1.54, 1.807) is 0 Å². The normalized spacial score (nSPS) is 12.5. The van der Waals surface area contributed by atoms with Crippen LogP contribution in [0.3, 0.4) is 0 Å². The topological polar surface area (TPSA) is 52.5 Å². The lowest BCUT2D eigenvalue weighted by Crippen LogP contribution is -1.99. The summed E-state index contributed by atoms with van der Waals surface area (Å²) in [4.78, 5) is 8.02. The zero-order valence-corrected chi connectivity index (χ0v) is 11.0. The summed E-state index contributed by atoms with van der Waals surface area (Å²) in [5.74, 6) is 1.57. The maximum Gasteiger partial charge on any atom is 0.110 e. The molecule has 3 nitrogen and oxygen atoms in total. The van der Waals surface area contributed by atoms with Gasteiger partial charge in [0, 0.05) is 5.92 Å². The van der Waals surface area contributed by atoms with Gasteiger partial charge in [-0.05, 0) is 31.0 Å². The summed E-state index contributed by atoms with van der Waals surface area (Å²) in [6.07, 6.45) is 4.73. The van der Waals surface area contributed by atoms with E-state index in [0.717, 1.165) is 23.3 Å². The van der Waals surface area contributed by atoms with Crippen LogP contribution in [-0.4, -0.2) is 9.97 Å². The van der Waals surface area contributed by atoms with Gasteiger partial charge in [-0.3, -0.25) is 0 Å². The van der Waals surface area contributed by atoms with Gasteiger partial charge in [-0.1, -0.05) is 26.7 Å². The Bertz CT molecular complexity index is 563. The van der Waals surface area contributed by atoms with E-state index in [-0.39, 0.29) is 0 Å². The summed E-state index contributed by atoms with van der Waals surface area (Å²) in [5, 5.41) is 8.89. The van der Waals surface area contributed by atoms with Gasteiger partial charge in [-0.2, -0.15) is 5.26 Å². The number of nitriles is 1. The van der Waals surface area contributed by atoms with Crippen LogP contribution < -0.4 is 0 Å². The second-order valence-electron chi connectivity index (χ2n) is 4.71. The van der Waals surface area contributed by atoms with Crippen molar-refractivity contribution in [3.63, 3.8) is 0 Å². The van der Waals surface area contributed by atoms with Gasteiger partial charge in [0.05, 0.1) is 22.7 Å². The standard InChI is InChI=1S/C15H19N3/c1-3-5-6-12(4-2)15-17-13-8-7-11(10-16)9-14(13)18-15/h7-9,12H,3-6H2,1-2H3,(H,17,18). The molecule has 3 heteroatoms. The number of hydrogen-bond acceptors (Lipinski definition) is 2. The number of fused-ring (bicyclic) bond motifs is 1. The zero-order valence-electron chi connectivity index (χ0n) is 11.0. The van der Waals surface area contributed by atoms with Crippen molar-refractivity contribution in [2.24, 2.45) is 0 Å². The predicted molar refractivity (Wildman–Crippen MR) is 73.4 cm³/mol. The maximum absolute atomic E-state index is 8.89. The molecule has 0 aliphatic rings. The van der Waals surface area contributed by atoms with Crippen LogP contribution in [0.15, 0.2) is 18.2 Å². The molecule has 0 aliphatic heterocycles. The minimum Gasteiger partial charge on any atom is -0.342 e. The minimum absolute atomic E-state index is 0.503. The van der Waals surface area contributed by atoms with Crippen LogP contribution in [-0.2, 0) is 0 Å². The molecule has 1 heterocycles. The molecule has 0 aliphatic carbocycles. The van der Waals surface area contributed by atoms with Gasteiger partial charge in [-0.15, -0.1) is 0 Å². The molecule has 1 unspecified atom stereocenters. The second kappa shape index (κ2) is 5.68. The molecule has 0 radical (unpaired) electrons. The molecule has 0 amide bonds. The van der Waals surface area contributed by atoms with E-state index in [0.29, 0.717) is 11.5 Å². The highest BCUT2D eigenvalue weighted by molar-refractivity contribution is 5.76. The number of H-pyrrole nitrogens is 1. The molecule has 0 spiro atoms. The van der Waals surface area contributed by atoms with Gasteiger partial charge in [0.15, 0.2) is 0 Å². The third-order valence-corrected chi connectivity index (χ3v) is 3.41. The molecule has 1 atom stereocenters. The lowest BCUT2D eigenvalue weighted by atomic mass is 9.99. The van der Waals surface area contributed by atoms with Crippen molar-refractivity contribution in [3.05, 3.63) is 29.6 Å². The Balaban J connectivity index is 2.31. The van der Waals surface area contributed by atoms with Crippen molar-refractivity contribution in [1.29, 1.82) is 5.26 Å². The Morgan fingerprint density at radius 2 is 2.22 bits per heavy atom. The van der Waals surface area contributed by atoms with Crippen LogP contribution in [0.1, 0.15) is 56.8 Å². The average molecular weight is 241 g/mol. The Hall–Kier alpha value is -1.82. The summed E-state index contributed by atoms with van der Waals surface area (Å²) >= 11 is 0. The van der Waals surface area contributed by atoms with Crippen molar-refractivity contribution in [3.8, 4) is 6.07 Å². The smallest absolute Gasteiger partial charge is 0.110 e. The van der Waals surface area contributed by atoms with Crippen LogP contribution >= 0.6 is 0 Å². The molecule has 0 saturated carbocycles. The Labute approximate surface area is 108 Å². The van der Waals surface area contributed by atoms with E-state index in [9.17, 15) is 0 Å². The first-order chi connectivity index (χ1) is 8.78. The van der Waals surface area contributed by atoms with E-state index >= 15 is 0 Å². The second-order valence-corrected chi connectivity index (χ2v) is 4.71. The van der Waals surface area contributed by atoms with E-state index in [1.165, 1.54) is 19.3 Å². The van der Waals surface area contributed by atoms with E-state index in [1.807, 2.05) is 18.2 Å². The molecule has 0 saturated heterocycles.